The molecule has 0 aliphatic carbocycles. The van der Waals surface area contributed by atoms with E-state index in [1.54, 1.807) is 24.8 Å². The summed E-state index contributed by atoms with van der Waals surface area (Å²) in [5.41, 5.74) is 9.13. The Balaban J connectivity index is 0.000000772. The molecule has 0 bridgehead atoms. The second kappa shape index (κ2) is 32.0. The summed E-state index contributed by atoms with van der Waals surface area (Å²) in [5.74, 6) is -8.19. The van der Waals surface area contributed by atoms with E-state index in [1.165, 1.54) is 16.9 Å². The van der Waals surface area contributed by atoms with Crippen molar-refractivity contribution in [3.63, 3.8) is 0 Å². The minimum absolute atomic E-state index is 0. The number of ether oxygens (including phenoxy) is 1. The van der Waals surface area contributed by atoms with Crippen molar-refractivity contribution in [2.75, 3.05) is 20.2 Å². The number of rotatable bonds is 20. The molecule has 2 aliphatic rings. The summed E-state index contributed by atoms with van der Waals surface area (Å²) in [6, 6.07) is 13.9. The van der Waals surface area contributed by atoms with Crippen LogP contribution in [0, 0.1) is 51.4 Å². The van der Waals surface area contributed by atoms with E-state index in [2.05, 4.69) is 9.97 Å². The maximum Gasteiger partial charge on any atom is 1.00 e. The van der Waals surface area contributed by atoms with E-state index in [0.29, 0.717) is 24.0 Å². The van der Waals surface area contributed by atoms with E-state index in [4.69, 9.17) is 4.74 Å². The third-order valence-corrected chi connectivity index (χ3v) is 14.7. The van der Waals surface area contributed by atoms with Crippen LogP contribution in [0.15, 0.2) is 73.3 Å². The largest absolute Gasteiger partial charge is 1.00 e. The van der Waals surface area contributed by atoms with Crippen molar-refractivity contribution in [3.8, 4) is 22.3 Å². The smallest absolute Gasteiger partial charge is 0.870 e. The van der Waals surface area contributed by atoms with Crippen LogP contribution in [0.2, 0.25) is 0 Å². The number of halogens is 6. The van der Waals surface area contributed by atoms with Crippen molar-refractivity contribution in [1.82, 2.24) is 19.8 Å². The standard InChI is InChI=1S/C30H37F3N2O4.C29H35F3N2O4.CH4.Li.2H2O/c1-18(2)11-25(35-10-9-24(15-27(35)37)30(31,32)33)26(36)13-21(14-28(38)39-5)22-12-23(17-34-16-22)29-19(3)7-6-8-20(29)4;1-17(2)10-24(34-9-8-23(14-26(34)36)29(30,31)32)25(35)12-20(13-27(37)38)21-11-22(16-33-15-21)28-18(3)6-5-7-19(28)4;;;;/h6-8,12,16-18,21,24-25H,9-11,13-15H2,1-5H3;5-7,11,15-17,20,23-24H,8-10,12-14H2,1-4H3,(H,37,38);1H4;;2*1H2/q;;;+1;;/p-1/t21-,24?,25-;20-,23?,24-;;;;/m00..../s1. The van der Waals surface area contributed by atoms with E-state index in [-0.39, 0.29) is 112 Å². The zero-order valence-electron chi connectivity index (χ0n) is 47.3. The van der Waals surface area contributed by atoms with E-state index >= 15 is 0 Å². The molecule has 2 amide bonds. The molecule has 2 aromatic carbocycles. The number of likely N-dealkylation sites (tertiary alicyclic amines) is 2. The van der Waals surface area contributed by atoms with Crippen molar-refractivity contribution in [1.29, 1.82) is 0 Å². The fraction of sp³-hybridized carbons (Fsp3) is 0.533. The van der Waals surface area contributed by atoms with Crippen LogP contribution in [0.3, 0.4) is 0 Å². The third kappa shape index (κ3) is 20.2. The number of carboxylic acids is 1. The molecule has 0 saturated carbocycles. The molecule has 6 atom stereocenters. The summed E-state index contributed by atoms with van der Waals surface area (Å²) < 4.78 is 84.2. The molecule has 6 rings (SSSR count). The molecule has 2 fully saturated rings. The van der Waals surface area contributed by atoms with E-state index < -0.39 is 84.7 Å². The minimum atomic E-state index is -4.46. The van der Waals surface area contributed by atoms with Crippen LogP contribution < -0.4 is 18.9 Å². The molecule has 0 radical (unpaired) electrons. The van der Waals surface area contributed by atoms with Gasteiger partial charge in [0.05, 0.1) is 43.9 Å². The molecule has 4 heterocycles. The number of carbonyl (C=O) groups is 6. The molecule has 2 unspecified atom stereocenters. The van der Waals surface area contributed by atoms with E-state index in [9.17, 15) is 60.2 Å². The van der Waals surface area contributed by atoms with Gasteiger partial charge in [0.25, 0.3) is 0 Å². The van der Waals surface area contributed by atoms with E-state index in [1.807, 2.05) is 104 Å². The third-order valence-electron chi connectivity index (χ3n) is 14.7. The first-order valence-electron chi connectivity index (χ1n) is 26.2. The Kier molecular flexibility index (Phi) is 28.9. The summed E-state index contributed by atoms with van der Waals surface area (Å²) in [4.78, 5) is 88.3. The average molecular weight is 1140 g/mol. The minimum Gasteiger partial charge on any atom is -0.870 e. The molecule has 2 saturated heterocycles. The van der Waals surface area contributed by atoms with Crippen molar-refractivity contribution in [2.24, 2.45) is 23.7 Å². The maximum atomic E-state index is 13.7. The zero-order chi connectivity index (χ0) is 57.1. The Labute approximate surface area is 484 Å². The van der Waals surface area contributed by atoms with Crippen molar-refractivity contribution >= 4 is 35.3 Å². The number of alkyl halides is 6. The second-order valence-corrected chi connectivity index (χ2v) is 21.6. The van der Waals surface area contributed by atoms with Gasteiger partial charge >= 0.3 is 43.2 Å². The summed E-state index contributed by atoms with van der Waals surface area (Å²) in [6.07, 6.45) is -4.11. The Hall–Kier alpha value is -5.94. The topological polar surface area (TPSA) is 226 Å². The number of Topliss-reactive ketones (excluding diaryl/α,β-unsaturated/α-hetero) is 2. The zero-order valence-corrected chi connectivity index (χ0v) is 47.3. The van der Waals surface area contributed by atoms with Crippen LogP contribution in [0.4, 0.5) is 26.3 Å². The molecule has 81 heavy (non-hydrogen) atoms. The fourth-order valence-corrected chi connectivity index (χ4v) is 10.7. The monoisotopic (exact) mass is 1140 g/mol. The summed E-state index contributed by atoms with van der Waals surface area (Å²) >= 11 is 0. The van der Waals surface area contributed by atoms with Gasteiger partial charge in [0.1, 0.15) is 0 Å². The molecule has 21 heteroatoms. The number of benzene rings is 2. The molecule has 14 nitrogen and oxygen atoms in total. The van der Waals surface area contributed by atoms with Crippen LogP contribution in [0.5, 0.6) is 0 Å². The van der Waals surface area contributed by atoms with Crippen molar-refractivity contribution in [2.45, 2.75) is 163 Å². The molecular weight excluding hydrogens is 1060 g/mol. The number of hydrogen-bond donors (Lipinski definition) is 1. The molecule has 0 spiro atoms. The number of piperidine rings is 2. The van der Waals surface area contributed by atoms with Crippen molar-refractivity contribution < 1.29 is 94.8 Å². The number of amides is 2. The molecule has 4 N–H and O–H groups in total. The average Bonchev–Trinajstić information content (AvgIpc) is 3.34. The Morgan fingerprint density at radius 1 is 0.630 bits per heavy atom. The SMILES string of the molecule is C.COC(=O)C[C@H](CC(=O)[C@H](CC(C)C)N1CCC(C(F)(F)F)CC1=O)c1cncc(-c2c(C)cccc2C)c1.Cc1cccc(C)c1-c1cncc([C@H](CC(=O)O)CC(=O)[C@H](CC(C)C)N2CCC(C(F)(F)F)CC2=O)c1.O.[Li+].[OH-]. The first kappa shape index (κ1) is 73.1. The molecule has 2 aliphatic heterocycles. The van der Waals surface area contributed by atoms with Gasteiger partial charge in [-0.3, -0.25) is 38.7 Å². The number of ketones is 2. The van der Waals surface area contributed by atoms with Gasteiger partial charge in [-0.25, -0.2) is 0 Å². The number of methoxy groups -OCH3 is 1. The van der Waals surface area contributed by atoms with E-state index in [0.717, 1.165) is 44.5 Å². The quantitative estimate of drug-likeness (QED) is 0.0499. The van der Waals surface area contributed by atoms with Gasteiger partial charge in [0.2, 0.25) is 11.8 Å². The Morgan fingerprint density at radius 2 is 0.975 bits per heavy atom. The fourth-order valence-electron chi connectivity index (χ4n) is 10.7. The molecule has 442 valence electrons. The maximum absolute atomic E-state index is 13.7. The van der Waals surface area contributed by atoms with Gasteiger partial charge in [0.15, 0.2) is 11.6 Å². The summed E-state index contributed by atoms with van der Waals surface area (Å²) in [7, 11) is 1.28. The van der Waals surface area contributed by atoms with Crippen LogP contribution in [0.1, 0.15) is 145 Å². The number of carboxylic acid groups (broad SMARTS) is 1. The van der Waals surface area contributed by atoms with Crippen LogP contribution >= 0.6 is 0 Å². The van der Waals surface area contributed by atoms with Crippen LogP contribution in [0.25, 0.3) is 22.3 Å². The predicted octanol–water partition coefficient (Wildman–Crippen LogP) is 8.92. The Bertz CT molecular complexity index is 2720. The number of esters is 1. The van der Waals surface area contributed by atoms with Crippen LogP contribution in [-0.4, -0.2) is 116 Å². The van der Waals surface area contributed by atoms with Gasteiger partial charge in [-0.15, -0.1) is 0 Å². The molecular formula is C60H79F6LiN4O10. The van der Waals surface area contributed by atoms with Crippen molar-refractivity contribution in [3.05, 3.63) is 107 Å². The number of aromatic nitrogens is 2. The number of carbonyl (C=O) groups excluding carboxylic acids is 5. The number of hydrogen-bond acceptors (Lipinski definition) is 10. The van der Waals surface area contributed by atoms with Gasteiger partial charge in [-0.05, 0) is 122 Å². The first-order chi connectivity index (χ1) is 36.1. The first-order valence-corrected chi connectivity index (χ1v) is 26.2. The normalized spacial score (nSPS) is 17.0. The second-order valence-electron chi connectivity index (χ2n) is 21.6. The summed E-state index contributed by atoms with van der Waals surface area (Å²) in [5, 5.41) is 9.61. The van der Waals surface area contributed by atoms with Gasteiger partial charge < -0.3 is 30.6 Å². The summed E-state index contributed by atoms with van der Waals surface area (Å²) in [6.45, 7) is 15.2. The van der Waals surface area contributed by atoms with Gasteiger partial charge in [-0.1, -0.05) is 71.5 Å². The van der Waals surface area contributed by atoms with Crippen LogP contribution in [-0.2, 0) is 33.5 Å². The van der Waals surface area contributed by atoms with Gasteiger partial charge in [0, 0.05) is 86.5 Å². The Morgan fingerprint density at radius 3 is 1.27 bits per heavy atom. The number of pyridine rings is 2. The molecule has 2 aromatic heterocycles. The number of aryl methyl sites for hydroxylation is 4. The molecule has 4 aromatic rings. The number of nitrogens with zero attached hydrogens (tertiary/aromatic N) is 4. The predicted molar refractivity (Wildman–Crippen MR) is 292 cm³/mol. The number of aliphatic carboxylic acids is 1. The van der Waals surface area contributed by atoms with Gasteiger partial charge in [-0.2, -0.15) is 26.3 Å².